The van der Waals surface area contributed by atoms with Gasteiger partial charge >= 0.3 is 5.97 Å². The summed E-state index contributed by atoms with van der Waals surface area (Å²) in [6.45, 7) is -0.184. The normalized spacial score (nSPS) is 8.29. The second kappa shape index (κ2) is 3.58. The summed E-state index contributed by atoms with van der Waals surface area (Å²) < 4.78 is 4.15. The molecule has 2 N–H and O–H groups in total. The number of esters is 1. The number of nitrogens with two attached hydrogens (primary N) is 1. The first-order chi connectivity index (χ1) is 3.31. The Morgan fingerprint density at radius 3 is 2.57 bits per heavy atom. The standard InChI is InChI=1S/C3H7NO3/c1-6-3(5)2-7-4/h2,4H2,1H3. The van der Waals surface area contributed by atoms with Gasteiger partial charge in [-0.1, -0.05) is 0 Å². The van der Waals surface area contributed by atoms with Gasteiger partial charge in [0.05, 0.1) is 7.11 Å². The summed E-state index contributed by atoms with van der Waals surface area (Å²) in [5, 5.41) is 0. The molecule has 42 valence electrons. The second-order valence-corrected chi connectivity index (χ2v) is 0.887. The molecule has 0 aromatic carbocycles. The van der Waals surface area contributed by atoms with Crippen LogP contribution in [-0.2, 0) is 14.4 Å². The van der Waals surface area contributed by atoms with Crippen molar-refractivity contribution in [2.45, 2.75) is 0 Å². The first kappa shape index (κ1) is 6.39. The van der Waals surface area contributed by atoms with Crippen molar-refractivity contribution < 1.29 is 14.4 Å². The van der Waals surface area contributed by atoms with Gasteiger partial charge in [-0.05, 0) is 0 Å². The molecule has 0 aliphatic carbocycles. The number of hydrogen-bond donors (Lipinski definition) is 1. The van der Waals surface area contributed by atoms with E-state index in [0.29, 0.717) is 0 Å². The lowest BCUT2D eigenvalue weighted by atomic mass is 10.7. The number of ether oxygens (including phenoxy) is 1. The van der Waals surface area contributed by atoms with Crippen LogP contribution >= 0.6 is 0 Å². The molecule has 0 aliphatic rings. The third-order valence-electron chi connectivity index (χ3n) is 0.429. The average molecular weight is 105 g/mol. The summed E-state index contributed by atoms with van der Waals surface area (Å²) in [4.78, 5) is 13.9. The zero-order valence-corrected chi connectivity index (χ0v) is 4.01. The Labute approximate surface area is 41.2 Å². The third-order valence-corrected chi connectivity index (χ3v) is 0.429. The van der Waals surface area contributed by atoms with Crippen LogP contribution in [-0.4, -0.2) is 19.7 Å². The Bertz CT molecular complexity index is 63.2. The summed E-state index contributed by atoms with van der Waals surface area (Å²) >= 11 is 0. The number of carbonyl (C=O) groups excluding carboxylic acids is 1. The SMILES string of the molecule is COC(=O)CON. The van der Waals surface area contributed by atoms with Crippen molar-refractivity contribution in [1.82, 2.24) is 0 Å². The quantitative estimate of drug-likeness (QED) is 0.363. The zero-order valence-electron chi connectivity index (χ0n) is 4.01. The average Bonchev–Trinajstić information content (AvgIpc) is 1.68. The molecule has 0 saturated heterocycles. The molecule has 0 radical (unpaired) electrons. The highest BCUT2D eigenvalue weighted by molar-refractivity contribution is 5.70. The van der Waals surface area contributed by atoms with Crippen LogP contribution < -0.4 is 5.90 Å². The molecule has 0 fully saturated rings. The molecule has 0 unspecified atom stereocenters. The summed E-state index contributed by atoms with van der Waals surface area (Å²) in [6, 6.07) is 0. The summed E-state index contributed by atoms with van der Waals surface area (Å²) in [5.74, 6) is 4.03. The third kappa shape index (κ3) is 3.21. The molecule has 7 heavy (non-hydrogen) atoms. The van der Waals surface area contributed by atoms with Crippen molar-refractivity contribution in [1.29, 1.82) is 0 Å². The molecular formula is C3H7NO3. The predicted octanol–water partition coefficient (Wildman–Crippen LogP) is -0.950. The maximum atomic E-state index is 9.98. The van der Waals surface area contributed by atoms with Crippen LogP contribution in [0.25, 0.3) is 0 Å². The Morgan fingerprint density at radius 1 is 1.86 bits per heavy atom. The van der Waals surface area contributed by atoms with E-state index in [1.165, 1.54) is 7.11 Å². The molecule has 0 atom stereocenters. The molecule has 0 spiro atoms. The van der Waals surface area contributed by atoms with E-state index in [2.05, 4.69) is 15.5 Å². The Hall–Kier alpha value is -0.610. The van der Waals surface area contributed by atoms with Crippen LogP contribution in [0.1, 0.15) is 0 Å². The smallest absolute Gasteiger partial charge is 0.333 e. The molecule has 0 saturated carbocycles. The van der Waals surface area contributed by atoms with Gasteiger partial charge in [0.15, 0.2) is 6.61 Å². The minimum absolute atomic E-state index is 0.184. The van der Waals surface area contributed by atoms with Gasteiger partial charge in [-0.2, -0.15) is 0 Å². The first-order valence-corrected chi connectivity index (χ1v) is 1.69. The highest BCUT2D eigenvalue weighted by atomic mass is 16.6. The van der Waals surface area contributed by atoms with Gasteiger partial charge in [-0.25, -0.2) is 10.7 Å². The van der Waals surface area contributed by atoms with E-state index in [1.54, 1.807) is 0 Å². The van der Waals surface area contributed by atoms with Gasteiger partial charge in [0, 0.05) is 0 Å². The van der Waals surface area contributed by atoms with Crippen molar-refractivity contribution in [3.63, 3.8) is 0 Å². The molecule has 0 aromatic rings. The van der Waals surface area contributed by atoms with E-state index in [9.17, 15) is 4.79 Å². The summed E-state index contributed by atoms with van der Waals surface area (Å²) in [7, 11) is 1.27. The van der Waals surface area contributed by atoms with Gasteiger partial charge in [0.25, 0.3) is 0 Å². The summed E-state index contributed by atoms with van der Waals surface area (Å²) in [6.07, 6.45) is 0. The molecule has 0 aromatic heterocycles. The van der Waals surface area contributed by atoms with E-state index >= 15 is 0 Å². The first-order valence-electron chi connectivity index (χ1n) is 1.69. The van der Waals surface area contributed by atoms with Crippen LogP contribution in [0, 0.1) is 0 Å². The van der Waals surface area contributed by atoms with Crippen LogP contribution in [0.2, 0.25) is 0 Å². The lowest BCUT2D eigenvalue weighted by molar-refractivity contribution is -0.146. The number of hydrogen-bond acceptors (Lipinski definition) is 4. The van der Waals surface area contributed by atoms with E-state index < -0.39 is 5.97 Å². The van der Waals surface area contributed by atoms with Crippen molar-refractivity contribution >= 4 is 5.97 Å². The topological polar surface area (TPSA) is 61.5 Å². The maximum absolute atomic E-state index is 9.98. The lowest BCUT2D eigenvalue weighted by Gasteiger charge is -1.92. The highest BCUT2D eigenvalue weighted by Gasteiger charge is 1.94. The van der Waals surface area contributed by atoms with E-state index in [4.69, 9.17) is 0 Å². The highest BCUT2D eigenvalue weighted by Crippen LogP contribution is 1.68. The number of methoxy groups -OCH3 is 1. The van der Waals surface area contributed by atoms with Gasteiger partial charge < -0.3 is 4.74 Å². The van der Waals surface area contributed by atoms with Crippen LogP contribution in [0.15, 0.2) is 0 Å². The van der Waals surface area contributed by atoms with E-state index in [1.807, 2.05) is 0 Å². The molecule has 4 heteroatoms. The van der Waals surface area contributed by atoms with Crippen molar-refractivity contribution in [2.75, 3.05) is 13.7 Å². The maximum Gasteiger partial charge on any atom is 0.333 e. The minimum Gasteiger partial charge on any atom is -0.467 e. The molecule has 0 aliphatic heterocycles. The molecule has 4 nitrogen and oxygen atoms in total. The predicted molar refractivity (Wildman–Crippen MR) is 22.2 cm³/mol. The second-order valence-electron chi connectivity index (χ2n) is 0.887. The Kier molecular flexibility index (Phi) is 3.26. The Morgan fingerprint density at radius 2 is 2.43 bits per heavy atom. The fourth-order valence-corrected chi connectivity index (χ4v) is 0.127. The van der Waals surface area contributed by atoms with E-state index in [-0.39, 0.29) is 6.61 Å². The number of rotatable bonds is 2. The molecular weight excluding hydrogens is 98.0 g/mol. The monoisotopic (exact) mass is 105 g/mol. The van der Waals surface area contributed by atoms with Crippen molar-refractivity contribution in [3.05, 3.63) is 0 Å². The molecule has 0 amide bonds. The van der Waals surface area contributed by atoms with Gasteiger partial charge in [-0.3, -0.25) is 4.84 Å². The van der Waals surface area contributed by atoms with Gasteiger partial charge in [0.2, 0.25) is 0 Å². The molecule has 0 rings (SSSR count). The summed E-state index contributed by atoms with van der Waals surface area (Å²) in [5.41, 5.74) is 0. The lowest BCUT2D eigenvalue weighted by Crippen LogP contribution is -2.13. The minimum atomic E-state index is -0.470. The molecule has 0 heterocycles. The fraction of sp³-hybridized carbons (Fsp3) is 0.667. The van der Waals surface area contributed by atoms with Gasteiger partial charge in [-0.15, -0.1) is 0 Å². The zero-order chi connectivity index (χ0) is 5.70. The molecule has 0 bridgehead atoms. The largest absolute Gasteiger partial charge is 0.467 e. The van der Waals surface area contributed by atoms with Crippen molar-refractivity contribution in [2.24, 2.45) is 5.90 Å². The van der Waals surface area contributed by atoms with E-state index in [0.717, 1.165) is 0 Å². The number of carbonyl (C=O) groups is 1. The van der Waals surface area contributed by atoms with Crippen LogP contribution in [0.4, 0.5) is 0 Å². The Balaban J connectivity index is 3.00. The fourth-order valence-electron chi connectivity index (χ4n) is 0.127. The van der Waals surface area contributed by atoms with Crippen LogP contribution in [0.5, 0.6) is 0 Å². The van der Waals surface area contributed by atoms with Crippen LogP contribution in [0.3, 0.4) is 0 Å². The van der Waals surface area contributed by atoms with Crippen molar-refractivity contribution in [3.8, 4) is 0 Å². The van der Waals surface area contributed by atoms with Gasteiger partial charge in [0.1, 0.15) is 0 Å².